The number of anilines is 1. The summed E-state index contributed by atoms with van der Waals surface area (Å²) in [4.78, 5) is 28.2. The molecule has 8 heteroatoms. The van der Waals surface area contributed by atoms with Crippen molar-refractivity contribution in [2.45, 2.75) is 88.8 Å². The molecule has 1 amide bonds. The molecule has 1 saturated heterocycles. The van der Waals surface area contributed by atoms with Gasteiger partial charge < -0.3 is 15.7 Å². The zero-order valence-corrected chi connectivity index (χ0v) is 23.5. The molecule has 5 rings (SSSR count). The molecule has 0 bridgehead atoms. The van der Waals surface area contributed by atoms with Gasteiger partial charge in [0.15, 0.2) is 5.78 Å². The maximum Gasteiger partial charge on any atom is 0.237 e. The summed E-state index contributed by atoms with van der Waals surface area (Å²) in [5.41, 5.74) is 0.146. The van der Waals surface area contributed by atoms with Gasteiger partial charge in [-0.25, -0.2) is 4.39 Å². The van der Waals surface area contributed by atoms with Crippen LogP contribution in [0.15, 0.2) is 36.4 Å². The molecule has 2 heterocycles. The van der Waals surface area contributed by atoms with Gasteiger partial charge >= 0.3 is 0 Å². The first kappa shape index (κ1) is 27.6. The van der Waals surface area contributed by atoms with Crippen LogP contribution in [0.1, 0.15) is 76.3 Å². The monoisotopic (exact) mass is 560 g/mol. The third-order valence-corrected chi connectivity index (χ3v) is 9.12. The lowest BCUT2D eigenvalue weighted by molar-refractivity contribution is -0.123. The molecule has 5 nitrogen and oxygen atoms in total. The topological polar surface area (TPSA) is 78.4 Å². The second-order valence-corrected chi connectivity index (χ2v) is 13.3. The Balaban J connectivity index is 1.67. The first-order chi connectivity index (χ1) is 17.9. The van der Waals surface area contributed by atoms with Gasteiger partial charge in [0, 0.05) is 29.1 Å². The number of Topliss-reactive ketones (excluding diaryl/α,β-unsaturated/α-hetero) is 1. The molecular formula is C30H35Cl2FN2O3. The Morgan fingerprint density at radius 1 is 1.13 bits per heavy atom. The van der Waals surface area contributed by atoms with Gasteiger partial charge in [-0.1, -0.05) is 62.2 Å². The van der Waals surface area contributed by atoms with Gasteiger partial charge in [0.05, 0.1) is 17.2 Å². The summed E-state index contributed by atoms with van der Waals surface area (Å²) in [5, 5.41) is 16.9. The fourth-order valence-corrected chi connectivity index (χ4v) is 7.32. The van der Waals surface area contributed by atoms with Crippen LogP contribution in [0, 0.1) is 17.2 Å². The maximum absolute atomic E-state index is 15.8. The van der Waals surface area contributed by atoms with E-state index >= 15 is 4.39 Å². The minimum absolute atomic E-state index is 0.0400. The molecule has 0 aromatic heterocycles. The van der Waals surface area contributed by atoms with Crippen LogP contribution in [0.4, 0.5) is 10.1 Å². The van der Waals surface area contributed by atoms with E-state index in [9.17, 15) is 14.7 Å². The molecule has 3 aliphatic rings. The van der Waals surface area contributed by atoms with E-state index in [0.717, 1.165) is 12.8 Å². The van der Waals surface area contributed by atoms with Crippen LogP contribution in [-0.2, 0) is 15.0 Å². The predicted octanol–water partition coefficient (Wildman–Crippen LogP) is 6.39. The molecule has 0 radical (unpaired) electrons. The van der Waals surface area contributed by atoms with Crippen LogP contribution in [0.5, 0.6) is 0 Å². The van der Waals surface area contributed by atoms with Gasteiger partial charge in [-0.05, 0) is 72.8 Å². The number of carbonyl (C=O) groups is 2. The van der Waals surface area contributed by atoms with Gasteiger partial charge in [-0.3, -0.25) is 9.59 Å². The average molecular weight is 562 g/mol. The standard InChI is InChI=1S/C30H35Cl2FN2O3/c1-29(2,3)15-24-30(20-12-9-17(31)14-22(20)34-28(30)38)25(19-5-4-6-21(32)26(19)33)27(35-24)23(37)13-16-7-10-18(36)11-8-16/h4-6,9,12,14,16,18,24-25,27,35-36H,7-8,10-11,13,15H2,1-3H3,(H,34,38)/t16?,18?,24-,25-,27-,30+/m0/s1. The number of carbonyl (C=O) groups excluding carboxylic acids is 2. The number of aliphatic hydroxyl groups excluding tert-OH is 1. The van der Waals surface area contributed by atoms with Crippen molar-refractivity contribution >= 4 is 40.6 Å². The lowest BCUT2D eigenvalue weighted by atomic mass is 9.62. The number of amides is 1. The Morgan fingerprint density at radius 2 is 1.84 bits per heavy atom. The fourth-order valence-electron chi connectivity index (χ4n) is 6.96. The molecule has 4 atom stereocenters. The van der Waals surface area contributed by atoms with Crippen molar-refractivity contribution in [3.8, 4) is 0 Å². The minimum Gasteiger partial charge on any atom is -0.393 e. The van der Waals surface area contributed by atoms with Crippen molar-refractivity contribution in [3.05, 3.63) is 63.4 Å². The van der Waals surface area contributed by atoms with Crippen molar-refractivity contribution in [1.29, 1.82) is 0 Å². The molecule has 2 aromatic rings. The van der Waals surface area contributed by atoms with Crippen molar-refractivity contribution in [2.75, 3.05) is 5.32 Å². The molecule has 1 spiro atoms. The molecule has 3 N–H and O–H groups in total. The van der Waals surface area contributed by atoms with Gasteiger partial charge in [0.1, 0.15) is 11.2 Å². The van der Waals surface area contributed by atoms with Crippen LogP contribution >= 0.6 is 23.2 Å². The Bertz CT molecular complexity index is 1250. The van der Waals surface area contributed by atoms with E-state index in [4.69, 9.17) is 23.2 Å². The van der Waals surface area contributed by atoms with E-state index in [0.29, 0.717) is 42.0 Å². The third-order valence-electron chi connectivity index (χ3n) is 8.59. The quantitative estimate of drug-likeness (QED) is 0.395. The van der Waals surface area contributed by atoms with Crippen LogP contribution in [0.2, 0.25) is 10.0 Å². The number of aliphatic hydroxyl groups is 1. The van der Waals surface area contributed by atoms with Crippen molar-refractivity contribution in [2.24, 2.45) is 11.3 Å². The molecule has 1 aliphatic carbocycles. The van der Waals surface area contributed by atoms with Crippen molar-refractivity contribution < 1.29 is 19.1 Å². The summed E-state index contributed by atoms with van der Waals surface area (Å²) in [5.74, 6) is -1.57. The molecule has 2 aromatic carbocycles. The van der Waals surface area contributed by atoms with E-state index in [1.54, 1.807) is 24.3 Å². The van der Waals surface area contributed by atoms with E-state index in [1.165, 1.54) is 6.07 Å². The first-order valence-corrected chi connectivity index (χ1v) is 14.2. The van der Waals surface area contributed by atoms with Gasteiger partial charge in [0.2, 0.25) is 5.91 Å². The highest BCUT2D eigenvalue weighted by atomic mass is 35.5. The van der Waals surface area contributed by atoms with Gasteiger partial charge in [-0.2, -0.15) is 0 Å². The Labute approximate surface area is 233 Å². The molecular weight excluding hydrogens is 526 g/mol. The van der Waals surface area contributed by atoms with Crippen LogP contribution in [0.3, 0.4) is 0 Å². The first-order valence-electron chi connectivity index (χ1n) is 13.4. The number of hydrogen-bond donors (Lipinski definition) is 3. The second kappa shape index (κ2) is 10.2. The highest BCUT2D eigenvalue weighted by Crippen LogP contribution is 2.57. The number of benzene rings is 2. The summed E-state index contributed by atoms with van der Waals surface area (Å²) in [7, 11) is 0. The number of hydrogen-bond acceptors (Lipinski definition) is 4. The second-order valence-electron chi connectivity index (χ2n) is 12.4. The number of ketones is 1. The van der Waals surface area contributed by atoms with Gasteiger partial charge in [-0.15, -0.1) is 0 Å². The third kappa shape index (κ3) is 4.78. The molecule has 1 saturated carbocycles. The summed E-state index contributed by atoms with van der Waals surface area (Å²) in [6, 6.07) is 8.87. The van der Waals surface area contributed by atoms with Crippen LogP contribution in [-0.4, -0.2) is 35.0 Å². The largest absolute Gasteiger partial charge is 0.393 e. The average Bonchev–Trinajstić information content (AvgIpc) is 3.31. The van der Waals surface area contributed by atoms with E-state index in [2.05, 4.69) is 31.4 Å². The number of fused-ring (bicyclic) bond motifs is 2. The minimum atomic E-state index is -1.23. The Hall–Kier alpha value is -1.99. The Kier molecular flexibility index (Phi) is 7.40. The fraction of sp³-hybridized carbons (Fsp3) is 0.533. The zero-order chi connectivity index (χ0) is 27.4. The Morgan fingerprint density at radius 3 is 2.53 bits per heavy atom. The summed E-state index contributed by atoms with van der Waals surface area (Å²) >= 11 is 12.6. The molecule has 38 heavy (non-hydrogen) atoms. The normalized spacial score (nSPS) is 30.9. The number of nitrogens with one attached hydrogen (secondary N) is 2. The summed E-state index contributed by atoms with van der Waals surface area (Å²) in [6.45, 7) is 6.28. The van der Waals surface area contributed by atoms with E-state index in [-0.39, 0.29) is 39.7 Å². The molecule has 0 unspecified atom stereocenters. The summed E-state index contributed by atoms with van der Waals surface area (Å²) in [6.07, 6.45) is 3.48. The van der Waals surface area contributed by atoms with Crippen molar-refractivity contribution in [1.82, 2.24) is 5.32 Å². The smallest absolute Gasteiger partial charge is 0.237 e. The van der Waals surface area contributed by atoms with Gasteiger partial charge in [0.25, 0.3) is 0 Å². The summed E-state index contributed by atoms with van der Waals surface area (Å²) < 4.78 is 15.8. The highest BCUT2D eigenvalue weighted by Gasteiger charge is 2.66. The van der Waals surface area contributed by atoms with Crippen LogP contribution < -0.4 is 10.6 Å². The van der Waals surface area contributed by atoms with E-state index in [1.807, 2.05) is 6.07 Å². The molecule has 204 valence electrons. The molecule has 2 aliphatic heterocycles. The van der Waals surface area contributed by atoms with E-state index < -0.39 is 29.2 Å². The lowest BCUT2D eigenvalue weighted by Crippen LogP contribution is -2.49. The predicted molar refractivity (Wildman–Crippen MR) is 148 cm³/mol. The zero-order valence-electron chi connectivity index (χ0n) is 22.0. The maximum atomic E-state index is 15.8. The molecule has 2 fully saturated rings. The van der Waals surface area contributed by atoms with Crippen molar-refractivity contribution in [3.63, 3.8) is 0 Å². The number of rotatable bonds is 5. The SMILES string of the molecule is CC(C)(C)C[C@@H]1N[C@@H](C(=O)CC2CCC(O)CC2)[C@H](c2cccc(Cl)c2F)[C@]12C(=O)Nc1cc(Cl)ccc12. The van der Waals surface area contributed by atoms with Crippen LogP contribution in [0.25, 0.3) is 0 Å². The number of halogens is 3. The lowest BCUT2D eigenvalue weighted by Gasteiger charge is -2.38. The highest BCUT2D eigenvalue weighted by molar-refractivity contribution is 6.31.